The Hall–Kier alpha value is -4.93. The van der Waals surface area contributed by atoms with Gasteiger partial charge in [0, 0.05) is 6.42 Å². The molecule has 0 bridgehead atoms. The van der Waals surface area contributed by atoms with E-state index in [1.165, 1.54) is 6.92 Å². The van der Waals surface area contributed by atoms with E-state index in [2.05, 4.69) is 26.6 Å². The van der Waals surface area contributed by atoms with E-state index >= 15 is 0 Å². The molecule has 11 atom stereocenters. The maximum Gasteiger partial charge on any atom is 0.326 e. The van der Waals surface area contributed by atoms with Gasteiger partial charge in [-0.15, -0.1) is 0 Å². The molecule has 11 unspecified atom stereocenters. The Morgan fingerprint density at radius 1 is 0.561 bits per heavy atom. The lowest BCUT2D eigenvalue weighted by Gasteiger charge is -2.30. The minimum Gasteiger partial charge on any atom is -0.481 e. The van der Waals surface area contributed by atoms with E-state index in [1.807, 2.05) is 12.2 Å². The second kappa shape index (κ2) is 26.1. The zero-order valence-corrected chi connectivity index (χ0v) is 33.4. The van der Waals surface area contributed by atoms with Crippen molar-refractivity contribution in [3.63, 3.8) is 0 Å². The van der Waals surface area contributed by atoms with Gasteiger partial charge in [0.15, 0.2) is 0 Å². The van der Waals surface area contributed by atoms with Crippen molar-refractivity contribution in [3.8, 4) is 0 Å². The number of hydrogen-bond acceptors (Lipinski definition) is 13. The van der Waals surface area contributed by atoms with Crippen LogP contribution in [0.3, 0.4) is 0 Å². The van der Waals surface area contributed by atoms with Crippen LogP contribution >= 0.6 is 0 Å². The topological polar surface area (TPSA) is 385 Å². The van der Waals surface area contributed by atoms with Crippen LogP contribution in [0.15, 0.2) is 0 Å². The van der Waals surface area contributed by atoms with Gasteiger partial charge in [-0.05, 0) is 57.9 Å². The molecule has 0 heterocycles. The van der Waals surface area contributed by atoms with Crippen LogP contribution in [-0.2, 0) is 43.2 Å². The van der Waals surface area contributed by atoms with E-state index in [9.17, 15) is 58.5 Å². The van der Waals surface area contributed by atoms with Crippen LogP contribution in [0.1, 0.15) is 92.9 Å². The van der Waals surface area contributed by atoms with E-state index in [0.29, 0.717) is 25.7 Å². The van der Waals surface area contributed by atoms with Gasteiger partial charge in [0.25, 0.3) is 0 Å². The Kier molecular flexibility index (Phi) is 23.8. The number of amides is 7. The lowest BCUT2D eigenvalue weighted by Crippen LogP contribution is -2.63. The fourth-order valence-electron chi connectivity index (χ4n) is 5.26. The second-order valence-electron chi connectivity index (χ2n) is 14.1. The third-order valence-electron chi connectivity index (χ3n) is 9.36. The number of carbonyl (C=O) groups excluding carboxylic acids is 7. The molecule has 0 saturated heterocycles. The molecule has 0 spiro atoms. The average Bonchev–Trinajstić information content (AvgIpc) is 3.13. The maximum atomic E-state index is 13.8. The molecule has 22 nitrogen and oxygen atoms in total. The first-order chi connectivity index (χ1) is 26.5. The Morgan fingerprint density at radius 3 is 1.40 bits per heavy atom. The summed E-state index contributed by atoms with van der Waals surface area (Å²) in [5.41, 5.74) is 16.9. The number of carboxylic acids is 2. The average molecular weight is 818 g/mol. The lowest BCUT2D eigenvalue weighted by atomic mass is 9.96. The number of nitrogens with one attached hydrogen (secondary N) is 6. The van der Waals surface area contributed by atoms with E-state index in [1.54, 1.807) is 20.8 Å². The monoisotopic (exact) mass is 817 g/mol. The molecule has 0 aromatic heterocycles. The zero-order chi connectivity index (χ0) is 44.2. The molecule has 7 amide bonds. The lowest BCUT2D eigenvalue weighted by molar-refractivity contribution is -0.148. The highest BCUT2D eigenvalue weighted by atomic mass is 16.4. The molecule has 22 heteroatoms. The van der Waals surface area contributed by atoms with Crippen molar-refractivity contribution in [1.82, 2.24) is 31.9 Å². The largest absolute Gasteiger partial charge is 0.481 e. The minimum atomic E-state index is -1.89. The molecule has 0 aliphatic carbocycles. The van der Waals surface area contributed by atoms with Crippen molar-refractivity contribution < 1.29 is 63.6 Å². The quantitative estimate of drug-likeness (QED) is 0.0335. The molecule has 16 N–H and O–H groups in total. The minimum absolute atomic E-state index is 0.0340. The molecule has 57 heavy (non-hydrogen) atoms. The van der Waals surface area contributed by atoms with Gasteiger partial charge in [-0.3, -0.25) is 38.4 Å². The molecular formula is C35H63N9O13. The van der Waals surface area contributed by atoms with Crippen LogP contribution in [0.5, 0.6) is 0 Å². The summed E-state index contributed by atoms with van der Waals surface area (Å²) in [5.74, 6) is -10.7. The van der Waals surface area contributed by atoms with Crippen molar-refractivity contribution in [3.05, 3.63) is 0 Å². The Labute approximate surface area is 331 Å². The molecule has 0 rings (SSSR count). The Bertz CT molecular complexity index is 1400. The summed E-state index contributed by atoms with van der Waals surface area (Å²) in [7, 11) is 0. The van der Waals surface area contributed by atoms with Crippen molar-refractivity contribution in [2.45, 2.75) is 147 Å². The first-order valence-electron chi connectivity index (χ1n) is 18.9. The summed E-state index contributed by atoms with van der Waals surface area (Å²) in [5, 5.41) is 53.2. The molecule has 0 aromatic carbocycles. The predicted octanol–water partition coefficient (Wildman–Crippen LogP) is -3.97. The normalized spacial score (nSPS) is 16.9. The Morgan fingerprint density at radius 2 is 0.982 bits per heavy atom. The van der Waals surface area contributed by atoms with Crippen molar-refractivity contribution >= 4 is 53.3 Å². The molecular weight excluding hydrogens is 754 g/mol. The fourth-order valence-corrected chi connectivity index (χ4v) is 5.26. The molecule has 0 aliphatic heterocycles. The number of aliphatic hydroxyl groups excluding tert-OH is 2. The fraction of sp³-hybridized carbons (Fsp3) is 0.743. The third-order valence-corrected chi connectivity index (χ3v) is 9.36. The van der Waals surface area contributed by atoms with Gasteiger partial charge < -0.3 is 69.5 Å². The number of unbranched alkanes of at least 4 members (excludes halogenated alkanes) is 1. The van der Waals surface area contributed by atoms with Crippen LogP contribution in [0, 0.1) is 11.8 Å². The van der Waals surface area contributed by atoms with Crippen molar-refractivity contribution in [2.75, 3.05) is 6.54 Å². The summed E-state index contributed by atoms with van der Waals surface area (Å²) in [6, 6.07) is -10.6. The second-order valence-corrected chi connectivity index (χ2v) is 14.1. The third kappa shape index (κ3) is 18.7. The number of primary amides is 1. The van der Waals surface area contributed by atoms with Gasteiger partial charge in [-0.1, -0.05) is 40.5 Å². The van der Waals surface area contributed by atoms with E-state index in [0.717, 1.165) is 6.92 Å². The number of rotatable bonds is 28. The first-order valence-corrected chi connectivity index (χ1v) is 18.9. The maximum absolute atomic E-state index is 13.8. The number of carbonyl (C=O) groups is 9. The van der Waals surface area contributed by atoms with Gasteiger partial charge in [0.2, 0.25) is 41.4 Å². The van der Waals surface area contributed by atoms with E-state index in [-0.39, 0.29) is 31.7 Å². The van der Waals surface area contributed by atoms with Gasteiger partial charge in [0.05, 0.1) is 24.7 Å². The number of hydrogen-bond donors (Lipinski definition) is 13. The standard InChI is InChI=1S/C35H63N9O13/c1-7-16(3)25(38)31(52)39-21(12-13-23(37)47)30(51)43-27(18(5)45)33(54)40-20(11-9-10-14-36)29(50)42-26(17(4)8-2)32(53)44-28(19(6)46)34(55)41-22(35(56)57)15-24(48)49/h16-22,25-28,45-46H,7-15,36,38H2,1-6H3,(H2,37,47)(H,39,52)(H,40,54)(H,41,55)(H,42,50)(H,43,51)(H,44,53)(H,48,49)(H,56,57). The summed E-state index contributed by atoms with van der Waals surface area (Å²) < 4.78 is 0. The number of carboxylic acid groups (broad SMARTS) is 2. The molecule has 0 radical (unpaired) electrons. The van der Waals surface area contributed by atoms with Gasteiger partial charge in [-0.25, -0.2) is 4.79 Å². The predicted molar refractivity (Wildman–Crippen MR) is 203 cm³/mol. The van der Waals surface area contributed by atoms with Crippen LogP contribution in [0.25, 0.3) is 0 Å². The molecule has 0 aliphatic rings. The SMILES string of the molecule is CCC(C)C(N)C(=O)NC(CCC(N)=O)C(=O)NC(C(=O)NC(CCCCN)C(=O)NC(C(=O)NC(C(=O)NC(CC(=O)O)C(=O)O)C(C)O)C(C)CC)C(C)O. The molecule has 0 fully saturated rings. The summed E-state index contributed by atoms with van der Waals surface area (Å²) in [6.07, 6.45) is -3.25. The van der Waals surface area contributed by atoms with Gasteiger partial charge in [0.1, 0.15) is 36.3 Å². The highest BCUT2D eigenvalue weighted by molar-refractivity contribution is 5.97. The summed E-state index contributed by atoms with van der Waals surface area (Å²) in [6.45, 7) is 9.33. The van der Waals surface area contributed by atoms with Crippen LogP contribution in [-0.4, -0.2) is 135 Å². The number of nitrogens with two attached hydrogens (primary N) is 3. The van der Waals surface area contributed by atoms with Crippen LogP contribution < -0.4 is 49.1 Å². The smallest absolute Gasteiger partial charge is 0.326 e. The van der Waals surface area contributed by atoms with E-state index in [4.69, 9.17) is 22.3 Å². The molecule has 326 valence electrons. The van der Waals surface area contributed by atoms with Gasteiger partial charge >= 0.3 is 11.9 Å². The zero-order valence-electron chi connectivity index (χ0n) is 33.4. The number of aliphatic hydroxyl groups is 2. The number of aliphatic carboxylic acids is 2. The Balaban J connectivity index is 6.37. The van der Waals surface area contributed by atoms with Crippen LogP contribution in [0.2, 0.25) is 0 Å². The van der Waals surface area contributed by atoms with Gasteiger partial charge in [-0.2, -0.15) is 0 Å². The highest BCUT2D eigenvalue weighted by Gasteiger charge is 2.37. The molecule has 0 aromatic rings. The summed E-state index contributed by atoms with van der Waals surface area (Å²) in [4.78, 5) is 114. The summed E-state index contributed by atoms with van der Waals surface area (Å²) >= 11 is 0. The first kappa shape index (κ1) is 52.1. The van der Waals surface area contributed by atoms with Crippen molar-refractivity contribution in [1.29, 1.82) is 0 Å². The van der Waals surface area contributed by atoms with Crippen molar-refractivity contribution in [2.24, 2.45) is 29.0 Å². The molecule has 0 saturated carbocycles. The van der Waals surface area contributed by atoms with Crippen LogP contribution in [0.4, 0.5) is 0 Å². The highest BCUT2D eigenvalue weighted by Crippen LogP contribution is 2.12. The van der Waals surface area contributed by atoms with E-state index < -0.39 is 120 Å².